The third-order valence-corrected chi connectivity index (χ3v) is 5.88. The van der Waals surface area contributed by atoms with Crippen molar-refractivity contribution in [2.45, 2.75) is 33.6 Å². The van der Waals surface area contributed by atoms with Crippen LogP contribution < -0.4 is 10.6 Å². The first-order chi connectivity index (χ1) is 13.5. The topological polar surface area (TPSA) is 83.0 Å². The molecule has 2 aliphatic carbocycles. The maximum absolute atomic E-state index is 12.7. The number of hydrogen-bond acceptors (Lipinski definition) is 4. The predicted molar refractivity (Wildman–Crippen MR) is 124 cm³/mol. The Bertz CT molecular complexity index is 607. The molecule has 29 heavy (non-hydrogen) atoms. The van der Waals surface area contributed by atoms with Gasteiger partial charge in [-0.25, -0.2) is 0 Å². The van der Waals surface area contributed by atoms with Gasteiger partial charge in [-0.15, -0.1) is 24.0 Å². The van der Waals surface area contributed by atoms with Gasteiger partial charge in [0.05, 0.1) is 25.0 Å². The van der Waals surface area contributed by atoms with E-state index in [-0.39, 0.29) is 59.5 Å². The third-order valence-electron chi connectivity index (χ3n) is 5.88. The first-order valence-corrected chi connectivity index (χ1v) is 10.7. The minimum absolute atomic E-state index is 0. The molecule has 1 aliphatic heterocycles. The van der Waals surface area contributed by atoms with Gasteiger partial charge in [-0.3, -0.25) is 19.5 Å². The smallest absolute Gasteiger partial charge is 0.233 e. The molecule has 1 heterocycles. The largest absolute Gasteiger partial charge is 0.380 e. The second-order valence-electron chi connectivity index (χ2n) is 8.31. The number of imide groups is 1. The summed E-state index contributed by atoms with van der Waals surface area (Å²) in [6.07, 6.45) is 6.27. The van der Waals surface area contributed by atoms with Gasteiger partial charge in [-0.1, -0.05) is 26.0 Å². The van der Waals surface area contributed by atoms with Crippen LogP contribution in [0.2, 0.25) is 0 Å². The van der Waals surface area contributed by atoms with Crippen LogP contribution in [0.3, 0.4) is 0 Å². The number of guanidine groups is 1. The van der Waals surface area contributed by atoms with Crippen LogP contribution in [0.1, 0.15) is 33.6 Å². The van der Waals surface area contributed by atoms with E-state index in [4.69, 9.17) is 4.74 Å². The van der Waals surface area contributed by atoms with Gasteiger partial charge in [-0.05, 0) is 37.5 Å². The number of aliphatic imine (C=N–C) groups is 1. The monoisotopic (exact) mass is 518 g/mol. The van der Waals surface area contributed by atoms with Crippen molar-refractivity contribution in [1.29, 1.82) is 0 Å². The summed E-state index contributed by atoms with van der Waals surface area (Å²) in [5, 5.41) is 6.41. The number of likely N-dealkylation sites (tertiary alicyclic amines) is 1. The molecule has 8 heteroatoms. The summed E-state index contributed by atoms with van der Waals surface area (Å²) >= 11 is 0. The SMILES string of the molecule is CCNC(=NCCOCCC(C)C)NCCN1C(=O)C2C3C=CC(C3)C2C1=O.I. The minimum Gasteiger partial charge on any atom is -0.380 e. The summed E-state index contributed by atoms with van der Waals surface area (Å²) in [6.45, 7) is 9.93. The Morgan fingerprint density at radius 1 is 1.17 bits per heavy atom. The number of ether oxygens (including phenoxy) is 1. The van der Waals surface area contributed by atoms with Crippen molar-refractivity contribution in [2.75, 3.05) is 39.4 Å². The zero-order valence-corrected chi connectivity index (χ0v) is 20.1. The van der Waals surface area contributed by atoms with E-state index in [0.29, 0.717) is 38.1 Å². The molecule has 4 atom stereocenters. The molecule has 0 radical (unpaired) electrons. The fourth-order valence-corrected chi connectivity index (χ4v) is 4.46. The molecular weight excluding hydrogens is 483 g/mol. The zero-order chi connectivity index (χ0) is 20.1. The lowest BCUT2D eigenvalue weighted by molar-refractivity contribution is -0.140. The van der Waals surface area contributed by atoms with Crippen LogP contribution in [0.15, 0.2) is 17.1 Å². The van der Waals surface area contributed by atoms with E-state index >= 15 is 0 Å². The van der Waals surface area contributed by atoms with Crippen molar-refractivity contribution in [1.82, 2.24) is 15.5 Å². The molecule has 7 nitrogen and oxygen atoms in total. The van der Waals surface area contributed by atoms with Crippen molar-refractivity contribution in [3.8, 4) is 0 Å². The van der Waals surface area contributed by atoms with E-state index in [9.17, 15) is 9.59 Å². The molecule has 1 saturated carbocycles. The number of fused-ring (bicyclic) bond motifs is 5. The molecule has 0 spiro atoms. The number of allylic oxidation sites excluding steroid dienone is 2. The van der Waals surface area contributed by atoms with Crippen LogP contribution in [0.25, 0.3) is 0 Å². The van der Waals surface area contributed by atoms with Gasteiger partial charge in [0.2, 0.25) is 11.8 Å². The second kappa shape index (κ2) is 11.3. The summed E-state index contributed by atoms with van der Waals surface area (Å²) in [5.74, 6) is 1.64. The molecule has 164 valence electrons. The maximum atomic E-state index is 12.7. The van der Waals surface area contributed by atoms with Crippen molar-refractivity contribution in [3.05, 3.63) is 12.2 Å². The Morgan fingerprint density at radius 3 is 2.41 bits per heavy atom. The minimum atomic E-state index is -0.118. The van der Waals surface area contributed by atoms with Crippen molar-refractivity contribution in [2.24, 2.45) is 34.6 Å². The lowest BCUT2D eigenvalue weighted by atomic mass is 9.85. The highest BCUT2D eigenvalue weighted by Gasteiger charge is 2.58. The van der Waals surface area contributed by atoms with Gasteiger partial charge < -0.3 is 15.4 Å². The number of rotatable bonds is 10. The molecule has 4 unspecified atom stereocenters. The molecular formula is C21H35IN4O3. The van der Waals surface area contributed by atoms with Crippen molar-refractivity contribution < 1.29 is 14.3 Å². The quantitative estimate of drug-likeness (QED) is 0.116. The highest BCUT2D eigenvalue weighted by Crippen LogP contribution is 2.52. The van der Waals surface area contributed by atoms with Crippen LogP contribution in [-0.4, -0.2) is 62.1 Å². The first-order valence-electron chi connectivity index (χ1n) is 10.7. The van der Waals surface area contributed by atoms with Gasteiger partial charge in [0, 0.05) is 26.2 Å². The molecule has 2 amide bonds. The Hall–Kier alpha value is -1.16. The van der Waals surface area contributed by atoms with Crippen LogP contribution >= 0.6 is 24.0 Å². The average molecular weight is 518 g/mol. The van der Waals surface area contributed by atoms with Gasteiger partial charge in [-0.2, -0.15) is 0 Å². The third kappa shape index (κ3) is 5.71. The van der Waals surface area contributed by atoms with Crippen molar-refractivity contribution >= 4 is 41.8 Å². The molecule has 2 fully saturated rings. The van der Waals surface area contributed by atoms with Crippen LogP contribution in [0.4, 0.5) is 0 Å². The normalized spacial score (nSPS) is 27.6. The highest BCUT2D eigenvalue weighted by molar-refractivity contribution is 14.0. The van der Waals surface area contributed by atoms with E-state index < -0.39 is 0 Å². The lowest BCUT2D eigenvalue weighted by Crippen LogP contribution is -2.43. The predicted octanol–water partition coefficient (Wildman–Crippen LogP) is 2.03. The summed E-state index contributed by atoms with van der Waals surface area (Å²) in [5.41, 5.74) is 0. The molecule has 0 aromatic carbocycles. The number of carbonyl (C=O) groups excluding carboxylic acids is 2. The number of halogens is 1. The second-order valence-corrected chi connectivity index (χ2v) is 8.31. The average Bonchev–Trinajstić information content (AvgIpc) is 3.33. The van der Waals surface area contributed by atoms with Crippen LogP contribution in [0, 0.1) is 29.6 Å². The van der Waals surface area contributed by atoms with E-state index in [0.717, 1.165) is 26.0 Å². The molecule has 2 N–H and O–H groups in total. The fraction of sp³-hybridized carbons (Fsp3) is 0.762. The van der Waals surface area contributed by atoms with Gasteiger partial charge in [0.1, 0.15) is 0 Å². The van der Waals surface area contributed by atoms with Crippen LogP contribution in [-0.2, 0) is 14.3 Å². The summed E-state index contributed by atoms with van der Waals surface area (Å²) in [7, 11) is 0. The first kappa shape index (κ1) is 24.1. The van der Waals surface area contributed by atoms with E-state index in [1.54, 1.807) is 0 Å². The standard InChI is InChI=1S/C21H34N4O3.HI/c1-4-22-21(24-9-12-28-11-7-14(2)3)23-8-10-25-19(26)17-15-5-6-16(13-15)18(17)20(25)27;/h5-6,14-18H,4,7-13H2,1-3H3,(H2,22,23,24);1H. The molecule has 2 bridgehead atoms. The molecule has 0 aromatic rings. The van der Waals surface area contributed by atoms with E-state index in [1.165, 1.54) is 4.90 Å². The number of carbonyl (C=O) groups is 2. The Kier molecular flexibility index (Phi) is 9.39. The van der Waals surface area contributed by atoms with Gasteiger partial charge >= 0.3 is 0 Å². The Morgan fingerprint density at radius 2 is 1.83 bits per heavy atom. The van der Waals surface area contributed by atoms with Gasteiger partial charge in [0.25, 0.3) is 0 Å². The Balaban J connectivity index is 0.00000300. The number of hydrogen-bond donors (Lipinski definition) is 2. The molecule has 3 rings (SSSR count). The maximum Gasteiger partial charge on any atom is 0.233 e. The molecule has 3 aliphatic rings. The molecule has 1 saturated heterocycles. The van der Waals surface area contributed by atoms with Gasteiger partial charge in [0.15, 0.2) is 5.96 Å². The van der Waals surface area contributed by atoms with Crippen molar-refractivity contribution in [3.63, 3.8) is 0 Å². The Labute approximate surface area is 191 Å². The summed E-state index contributed by atoms with van der Waals surface area (Å²) < 4.78 is 5.59. The summed E-state index contributed by atoms with van der Waals surface area (Å²) in [6, 6.07) is 0. The molecule has 0 aromatic heterocycles. The van der Waals surface area contributed by atoms with Crippen LogP contribution in [0.5, 0.6) is 0 Å². The number of nitrogens with zero attached hydrogens (tertiary/aromatic N) is 2. The zero-order valence-electron chi connectivity index (χ0n) is 17.7. The lowest BCUT2D eigenvalue weighted by Gasteiger charge is -2.18. The highest BCUT2D eigenvalue weighted by atomic mass is 127. The van der Waals surface area contributed by atoms with E-state index in [1.807, 2.05) is 6.92 Å². The summed E-state index contributed by atoms with van der Waals surface area (Å²) in [4.78, 5) is 31.3. The fourth-order valence-electron chi connectivity index (χ4n) is 4.46. The van der Waals surface area contributed by atoms with E-state index in [2.05, 4.69) is 41.6 Å². The number of amides is 2. The number of nitrogens with one attached hydrogen (secondary N) is 2.